The largest absolute Gasteiger partial charge is 0.491 e. The maximum absolute atomic E-state index is 13.1. The lowest BCUT2D eigenvalue weighted by Crippen LogP contribution is -2.51. The van der Waals surface area contributed by atoms with Crippen LogP contribution >= 0.6 is 0 Å². The zero-order valence-electron chi connectivity index (χ0n) is 24.3. The van der Waals surface area contributed by atoms with Crippen LogP contribution in [-0.4, -0.2) is 103 Å². The van der Waals surface area contributed by atoms with Crippen molar-refractivity contribution in [2.75, 3.05) is 65.6 Å². The number of hydrogen-bond acceptors (Lipinski definition) is 7. The Hall–Kier alpha value is -3.30. The molecule has 3 aromatic rings. The van der Waals surface area contributed by atoms with Gasteiger partial charge in [-0.05, 0) is 40.6 Å². The summed E-state index contributed by atoms with van der Waals surface area (Å²) in [5.74, 6) is 0.381. The fourth-order valence-electron chi connectivity index (χ4n) is 5.56. The number of carbonyl (C=O) groups excluding carboxylic acids is 2. The molecule has 2 heterocycles. The Balaban J connectivity index is 0.986. The van der Waals surface area contributed by atoms with Gasteiger partial charge in [0.05, 0.1) is 19.3 Å². The van der Waals surface area contributed by atoms with E-state index >= 15 is 0 Å². The van der Waals surface area contributed by atoms with Crippen molar-refractivity contribution < 1.29 is 24.2 Å². The summed E-state index contributed by atoms with van der Waals surface area (Å²) in [4.78, 5) is 32.2. The minimum atomic E-state index is -0.570. The molecule has 1 N–H and O–H groups in total. The van der Waals surface area contributed by atoms with E-state index in [2.05, 4.69) is 42.7 Å². The predicted octanol–water partition coefficient (Wildman–Crippen LogP) is 3.81. The number of benzene rings is 3. The lowest BCUT2D eigenvalue weighted by atomic mass is 9.87. The van der Waals surface area contributed by atoms with Crippen molar-refractivity contribution in [3.05, 3.63) is 77.4 Å². The number of nitrogens with zero attached hydrogens (tertiary/aromatic N) is 3. The Labute approximate surface area is 242 Å². The first kappa shape index (κ1) is 29.2. The van der Waals surface area contributed by atoms with Crippen LogP contribution in [-0.2, 0) is 10.2 Å². The predicted molar refractivity (Wildman–Crippen MR) is 160 cm³/mol. The molecular weight excluding hydrogens is 518 g/mol. The summed E-state index contributed by atoms with van der Waals surface area (Å²) in [6.07, 6.45) is -0.570. The number of carbonyl (C=O) groups is 2. The zero-order valence-corrected chi connectivity index (χ0v) is 24.3. The van der Waals surface area contributed by atoms with Crippen LogP contribution in [0.4, 0.5) is 0 Å². The van der Waals surface area contributed by atoms with Gasteiger partial charge in [0.2, 0.25) is 0 Å². The molecule has 0 bridgehead atoms. The highest BCUT2D eigenvalue weighted by Crippen LogP contribution is 2.30. The van der Waals surface area contributed by atoms with Crippen LogP contribution in [0.25, 0.3) is 10.8 Å². The van der Waals surface area contributed by atoms with Crippen molar-refractivity contribution in [3.8, 4) is 5.75 Å². The van der Waals surface area contributed by atoms with Crippen LogP contribution in [0.3, 0.4) is 0 Å². The summed E-state index contributed by atoms with van der Waals surface area (Å²) in [6.45, 7) is 12.5. The van der Waals surface area contributed by atoms with E-state index in [0.29, 0.717) is 44.0 Å². The normalized spacial score (nSPS) is 17.3. The van der Waals surface area contributed by atoms with E-state index in [9.17, 15) is 14.7 Å². The third-order valence-corrected chi connectivity index (χ3v) is 7.96. The monoisotopic (exact) mass is 559 g/mol. The van der Waals surface area contributed by atoms with Gasteiger partial charge in [0.15, 0.2) is 0 Å². The first-order valence-electron chi connectivity index (χ1n) is 14.5. The van der Waals surface area contributed by atoms with Crippen molar-refractivity contribution in [3.63, 3.8) is 0 Å². The second-order valence-corrected chi connectivity index (χ2v) is 12.0. The summed E-state index contributed by atoms with van der Waals surface area (Å²) >= 11 is 0. The van der Waals surface area contributed by atoms with E-state index < -0.39 is 6.10 Å². The number of β-amino-alcohol motifs (C(OH)–C–C–N with tert-alkyl or cyclic N) is 1. The number of ether oxygens (including phenoxy) is 2. The smallest absolute Gasteiger partial charge is 0.261 e. The van der Waals surface area contributed by atoms with Crippen LogP contribution < -0.4 is 4.74 Å². The molecule has 3 aromatic carbocycles. The van der Waals surface area contributed by atoms with E-state index in [0.717, 1.165) is 42.7 Å². The second-order valence-electron chi connectivity index (χ2n) is 12.0. The van der Waals surface area contributed by atoms with E-state index in [-0.39, 0.29) is 23.8 Å². The topological polar surface area (TPSA) is 82.6 Å². The van der Waals surface area contributed by atoms with E-state index in [1.807, 2.05) is 36.4 Å². The van der Waals surface area contributed by atoms with Crippen LogP contribution in [0.15, 0.2) is 60.7 Å². The Morgan fingerprint density at radius 3 is 2.02 bits per heavy atom. The van der Waals surface area contributed by atoms with Crippen molar-refractivity contribution in [2.45, 2.75) is 32.3 Å². The van der Waals surface area contributed by atoms with Gasteiger partial charge in [-0.25, -0.2) is 0 Å². The summed E-state index contributed by atoms with van der Waals surface area (Å²) in [7, 11) is 0. The summed E-state index contributed by atoms with van der Waals surface area (Å²) in [5.41, 5.74) is 2.57. The maximum atomic E-state index is 13.1. The minimum Gasteiger partial charge on any atom is -0.491 e. The number of amides is 2. The van der Waals surface area contributed by atoms with Gasteiger partial charge in [-0.3, -0.25) is 24.3 Å². The van der Waals surface area contributed by atoms with Crippen LogP contribution in [0.5, 0.6) is 5.75 Å². The summed E-state index contributed by atoms with van der Waals surface area (Å²) in [5, 5.41) is 12.1. The fraction of sp³-hybridized carbons (Fsp3) is 0.455. The van der Waals surface area contributed by atoms with Crippen molar-refractivity contribution in [1.82, 2.24) is 14.7 Å². The number of aliphatic hydroxyl groups excluding tert-OH is 1. The first-order valence-corrected chi connectivity index (χ1v) is 14.5. The van der Waals surface area contributed by atoms with E-state index in [1.54, 1.807) is 12.1 Å². The zero-order chi connectivity index (χ0) is 29.0. The molecule has 218 valence electrons. The second kappa shape index (κ2) is 12.7. The summed E-state index contributed by atoms with van der Waals surface area (Å²) < 4.78 is 11.4. The Bertz CT molecular complexity index is 1310. The molecule has 41 heavy (non-hydrogen) atoms. The Morgan fingerprint density at radius 2 is 1.41 bits per heavy atom. The molecule has 1 fully saturated rings. The third kappa shape index (κ3) is 6.96. The molecule has 2 aliphatic heterocycles. The third-order valence-electron chi connectivity index (χ3n) is 7.96. The SMILES string of the molecule is CC(C)(C)c1ccc(OCCOCC(O)CN2CCN(CCN3C(=O)c4cccc5cccc(c45)C3=O)CC2)cc1. The van der Waals surface area contributed by atoms with Crippen molar-refractivity contribution in [2.24, 2.45) is 0 Å². The van der Waals surface area contributed by atoms with Crippen molar-refractivity contribution in [1.29, 1.82) is 0 Å². The molecule has 0 spiro atoms. The van der Waals surface area contributed by atoms with Gasteiger partial charge in [-0.1, -0.05) is 57.2 Å². The lowest BCUT2D eigenvalue weighted by molar-refractivity contribution is -0.000353. The molecule has 0 saturated carbocycles. The highest BCUT2D eigenvalue weighted by molar-refractivity contribution is 6.25. The number of piperazine rings is 1. The average molecular weight is 560 g/mol. The van der Waals surface area contributed by atoms with Gasteiger partial charge in [0.25, 0.3) is 11.8 Å². The molecule has 5 rings (SSSR count). The molecule has 0 aromatic heterocycles. The molecule has 1 unspecified atom stereocenters. The molecule has 2 aliphatic rings. The van der Waals surface area contributed by atoms with Crippen molar-refractivity contribution >= 4 is 22.6 Å². The van der Waals surface area contributed by atoms with E-state index in [4.69, 9.17) is 9.47 Å². The standard InChI is InChI=1S/C33H41N3O5/c1-33(2,3)25-10-12-27(13-11-25)41-21-20-40-23-26(37)22-35-16-14-34(15-17-35)18-19-36-31(38)28-8-4-6-24-7-5-9-29(30(24)28)32(36)39/h4-13,26,37H,14-23H2,1-3H3. The Morgan fingerprint density at radius 1 is 0.805 bits per heavy atom. The molecule has 1 atom stereocenters. The molecule has 8 heteroatoms. The molecule has 2 amide bonds. The fourth-order valence-corrected chi connectivity index (χ4v) is 5.56. The molecule has 0 aliphatic carbocycles. The first-order chi connectivity index (χ1) is 19.7. The van der Waals surface area contributed by atoms with Crippen LogP contribution in [0.1, 0.15) is 47.1 Å². The lowest BCUT2D eigenvalue weighted by Gasteiger charge is -2.36. The molecule has 0 radical (unpaired) electrons. The van der Waals surface area contributed by atoms with Gasteiger partial charge in [-0.2, -0.15) is 0 Å². The van der Waals surface area contributed by atoms with Crippen LogP contribution in [0, 0.1) is 0 Å². The van der Waals surface area contributed by atoms with Gasteiger partial charge in [0, 0.05) is 62.3 Å². The van der Waals surface area contributed by atoms with Crippen LogP contribution in [0.2, 0.25) is 0 Å². The number of hydrogen-bond donors (Lipinski definition) is 1. The number of rotatable bonds is 11. The quantitative estimate of drug-likeness (QED) is 0.283. The minimum absolute atomic E-state index is 0.113. The maximum Gasteiger partial charge on any atom is 0.261 e. The average Bonchev–Trinajstić information content (AvgIpc) is 2.96. The van der Waals surface area contributed by atoms with Gasteiger partial charge in [-0.15, -0.1) is 0 Å². The Kier molecular flexibility index (Phi) is 9.04. The summed E-state index contributed by atoms with van der Waals surface area (Å²) in [6, 6.07) is 19.4. The van der Waals surface area contributed by atoms with Gasteiger partial charge >= 0.3 is 0 Å². The van der Waals surface area contributed by atoms with Gasteiger partial charge < -0.3 is 14.6 Å². The highest BCUT2D eigenvalue weighted by Gasteiger charge is 2.33. The number of aliphatic hydroxyl groups is 1. The van der Waals surface area contributed by atoms with E-state index in [1.165, 1.54) is 10.5 Å². The molecule has 1 saturated heterocycles. The molecule has 8 nitrogen and oxygen atoms in total. The molecular formula is C33H41N3O5. The van der Waals surface area contributed by atoms with Gasteiger partial charge in [0.1, 0.15) is 12.4 Å². The number of imide groups is 1. The highest BCUT2D eigenvalue weighted by atomic mass is 16.5.